The minimum Gasteiger partial charge on any atom is -0.352 e. The molecule has 0 fully saturated rings. The fourth-order valence-corrected chi connectivity index (χ4v) is 0.822. The standard InChI is InChI=1S/C9H11NO.CH4/c1-8(11)10-7-9-5-3-2-4-6-9;/h2-6H,7H2,1H3,(H,10,11);1H4. The maximum absolute atomic E-state index is 10.5. The summed E-state index contributed by atoms with van der Waals surface area (Å²) in [5.74, 6) is 0.00820. The van der Waals surface area contributed by atoms with E-state index in [1.165, 1.54) is 6.92 Å². The smallest absolute Gasteiger partial charge is 0.217 e. The van der Waals surface area contributed by atoms with Crippen molar-refractivity contribution in [3.8, 4) is 0 Å². The Morgan fingerprint density at radius 2 is 1.92 bits per heavy atom. The molecule has 1 rings (SSSR count). The molecule has 1 amide bonds. The molecule has 2 nitrogen and oxygen atoms in total. The first-order chi connectivity index (χ1) is 5.29. The summed E-state index contributed by atoms with van der Waals surface area (Å²) in [5, 5.41) is 2.72. The summed E-state index contributed by atoms with van der Waals surface area (Å²) in [6.45, 7) is 2.14. The summed E-state index contributed by atoms with van der Waals surface area (Å²) < 4.78 is 0. The summed E-state index contributed by atoms with van der Waals surface area (Å²) >= 11 is 0. The number of benzene rings is 1. The largest absolute Gasteiger partial charge is 0.352 e. The Kier molecular flexibility index (Phi) is 4.77. The number of hydrogen-bond acceptors (Lipinski definition) is 1. The topological polar surface area (TPSA) is 29.1 Å². The van der Waals surface area contributed by atoms with Crippen LogP contribution >= 0.6 is 0 Å². The van der Waals surface area contributed by atoms with E-state index < -0.39 is 0 Å². The van der Waals surface area contributed by atoms with Gasteiger partial charge in [0.1, 0.15) is 0 Å². The van der Waals surface area contributed by atoms with E-state index in [4.69, 9.17) is 0 Å². The predicted octanol–water partition coefficient (Wildman–Crippen LogP) is 1.96. The zero-order valence-corrected chi connectivity index (χ0v) is 6.50. The maximum Gasteiger partial charge on any atom is 0.217 e. The third-order valence-electron chi connectivity index (χ3n) is 1.38. The Balaban J connectivity index is 0.00000121. The van der Waals surface area contributed by atoms with Crippen molar-refractivity contribution >= 4 is 5.91 Å². The molecule has 0 saturated carbocycles. The Labute approximate surface area is 73.6 Å². The van der Waals surface area contributed by atoms with Gasteiger partial charge in [-0.1, -0.05) is 37.8 Å². The molecule has 0 aliphatic carbocycles. The van der Waals surface area contributed by atoms with Crippen LogP contribution in [-0.4, -0.2) is 5.91 Å². The molecular formula is C10H15NO. The van der Waals surface area contributed by atoms with E-state index in [1.54, 1.807) is 0 Å². The average molecular weight is 165 g/mol. The Hall–Kier alpha value is -1.31. The molecule has 1 aromatic carbocycles. The lowest BCUT2D eigenvalue weighted by atomic mass is 10.2. The van der Waals surface area contributed by atoms with Crippen molar-refractivity contribution < 1.29 is 4.79 Å². The van der Waals surface area contributed by atoms with E-state index >= 15 is 0 Å². The van der Waals surface area contributed by atoms with Crippen LogP contribution in [-0.2, 0) is 11.3 Å². The number of amides is 1. The summed E-state index contributed by atoms with van der Waals surface area (Å²) in [6, 6.07) is 9.83. The molecule has 0 bridgehead atoms. The number of nitrogens with one attached hydrogen (secondary N) is 1. The van der Waals surface area contributed by atoms with Crippen molar-refractivity contribution in [1.82, 2.24) is 5.32 Å². The van der Waals surface area contributed by atoms with Gasteiger partial charge in [-0.3, -0.25) is 4.79 Å². The van der Waals surface area contributed by atoms with Gasteiger partial charge in [-0.15, -0.1) is 0 Å². The van der Waals surface area contributed by atoms with Crippen molar-refractivity contribution in [1.29, 1.82) is 0 Å². The van der Waals surface area contributed by atoms with Crippen LogP contribution in [0.3, 0.4) is 0 Å². The molecule has 0 unspecified atom stereocenters. The molecule has 1 aromatic rings. The molecule has 0 heterocycles. The lowest BCUT2D eigenvalue weighted by Crippen LogP contribution is -2.18. The fourth-order valence-electron chi connectivity index (χ4n) is 0.822. The molecular weight excluding hydrogens is 150 g/mol. The zero-order chi connectivity index (χ0) is 8.10. The van der Waals surface area contributed by atoms with Crippen LogP contribution in [0.15, 0.2) is 30.3 Å². The lowest BCUT2D eigenvalue weighted by molar-refractivity contribution is -0.119. The first kappa shape index (κ1) is 10.7. The minimum atomic E-state index is 0. The third kappa shape index (κ3) is 3.76. The highest BCUT2D eigenvalue weighted by molar-refractivity contribution is 5.72. The summed E-state index contributed by atoms with van der Waals surface area (Å²) in [4.78, 5) is 10.5. The van der Waals surface area contributed by atoms with E-state index in [1.807, 2.05) is 30.3 Å². The van der Waals surface area contributed by atoms with Crippen LogP contribution in [0.1, 0.15) is 19.9 Å². The Bertz CT molecular complexity index is 231. The molecule has 0 radical (unpaired) electrons. The van der Waals surface area contributed by atoms with Crippen molar-refractivity contribution in [2.45, 2.75) is 20.9 Å². The van der Waals surface area contributed by atoms with Gasteiger partial charge >= 0.3 is 0 Å². The lowest BCUT2D eigenvalue weighted by Gasteiger charge is -2.00. The Morgan fingerprint density at radius 1 is 1.33 bits per heavy atom. The SMILES string of the molecule is C.CC(=O)NCc1ccccc1. The van der Waals surface area contributed by atoms with E-state index in [0.717, 1.165) is 5.56 Å². The fraction of sp³-hybridized carbons (Fsp3) is 0.300. The Morgan fingerprint density at radius 3 is 2.42 bits per heavy atom. The first-order valence-electron chi connectivity index (χ1n) is 3.57. The highest BCUT2D eigenvalue weighted by Crippen LogP contribution is 1.96. The van der Waals surface area contributed by atoms with Gasteiger partial charge < -0.3 is 5.32 Å². The van der Waals surface area contributed by atoms with Crippen molar-refractivity contribution in [2.24, 2.45) is 0 Å². The summed E-state index contributed by atoms with van der Waals surface area (Å²) in [6.07, 6.45) is 0. The van der Waals surface area contributed by atoms with E-state index in [9.17, 15) is 4.79 Å². The molecule has 0 saturated heterocycles. The van der Waals surface area contributed by atoms with Crippen LogP contribution in [0.2, 0.25) is 0 Å². The van der Waals surface area contributed by atoms with Gasteiger partial charge in [0.15, 0.2) is 0 Å². The quantitative estimate of drug-likeness (QED) is 0.713. The monoisotopic (exact) mass is 165 g/mol. The highest BCUT2D eigenvalue weighted by Gasteiger charge is 1.91. The van der Waals surface area contributed by atoms with Gasteiger partial charge in [0, 0.05) is 13.5 Å². The van der Waals surface area contributed by atoms with Gasteiger partial charge in [-0.2, -0.15) is 0 Å². The average Bonchev–Trinajstić information content (AvgIpc) is 2.03. The number of carbonyl (C=O) groups is 1. The second kappa shape index (κ2) is 5.35. The molecule has 66 valence electrons. The van der Waals surface area contributed by atoms with E-state index in [-0.39, 0.29) is 13.3 Å². The van der Waals surface area contributed by atoms with Gasteiger partial charge in [-0.25, -0.2) is 0 Å². The molecule has 0 aliphatic rings. The molecule has 0 spiro atoms. The number of carbonyl (C=O) groups excluding carboxylic acids is 1. The predicted molar refractivity (Wildman–Crippen MR) is 50.7 cm³/mol. The van der Waals surface area contributed by atoms with E-state index in [2.05, 4.69) is 5.32 Å². The van der Waals surface area contributed by atoms with Crippen LogP contribution in [0, 0.1) is 0 Å². The van der Waals surface area contributed by atoms with Gasteiger partial charge in [0.05, 0.1) is 0 Å². The third-order valence-corrected chi connectivity index (χ3v) is 1.38. The van der Waals surface area contributed by atoms with Gasteiger partial charge in [0.25, 0.3) is 0 Å². The highest BCUT2D eigenvalue weighted by atomic mass is 16.1. The van der Waals surface area contributed by atoms with Crippen molar-refractivity contribution in [3.05, 3.63) is 35.9 Å². The number of rotatable bonds is 2. The summed E-state index contributed by atoms with van der Waals surface area (Å²) in [5.41, 5.74) is 1.13. The number of hydrogen-bond donors (Lipinski definition) is 1. The van der Waals surface area contributed by atoms with Gasteiger partial charge in [-0.05, 0) is 5.56 Å². The van der Waals surface area contributed by atoms with Crippen LogP contribution in [0.5, 0.6) is 0 Å². The zero-order valence-electron chi connectivity index (χ0n) is 6.50. The molecule has 0 aliphatic heterocycles. The van der Waals surface area contributed by atoms with Crippen LogP contribution in [0.4, 0.5) is 0 Å². The molecule has 0 atom stereocenters. The minimum absolute atomic E-state index is 0. The van der Waals surface area contributed by atoms with Crippen molar-refractivity contribution in [2.75, 3.05) is 0 Å². The normalized spacial score (nSPS) is 8.42. The molecule has 0 aromatic heterocycles. The second-order valence-corrected chi connectivity index (χ2v) is 2.40. The first-order valence-corrected chi connectivity index (χ1v) is 3.57. The molecule has 2 heteroatoms. The van der Waals surface area contributed by atoms with Crippen molar-refractivity contribution in [3.63, 3.8) is 0 Å². The van der Waals surface area contributed by atoms with Crippen LogP contribution in [0.25, 0.3) is 0 Å². The summed E-state index contributed by atoms with van der Waals surface area (Å²) in [7, 11) is 0. The maximum atomic E-state index is 10.5. The molecule has 12 heavy (non-hydrogen) atoms. The van der Waals surface area contributed by atoms with Gasteiger partial charge in [0.2, 0.25) is 5.91 Å². The second-order valence-electron chi connectivity index (χ2n) is 2.40. The van der Waals surface area contributed by atoms with E-state index in [0.29, 0.717) is 6.54 Å². The molecule has 1 N–H and O–H groups in total. The van der Waals surface area contributed by atoms with Crippen LogP contribution < -0.4 is 5.32 Å².